The molecule has 0 radical (unpaired) electrons. The van der Waals surface area contributed by atoms with E-state index in [2.05, 4.69) is 13.8 Å². The minimum absolute atomic E-state index is 0.183. The van der Waals surface area contributed by atoms with Gasteiger partial charge in [0.15, 0.2) is 0 Å². The molecule has 2 aromatic rings. The minimum atomic E-state index is -4.81. The molecular weight excluding hydrogens is 608 g/mol. The quantitative estimate of drug-likeness (QED) is 0.245. The van der Waals surface area contributed by atoms with Gasteiger partial charge in [0.2, 0.25) is 0 Å². The summed E-state index contributed by atoms with van der Waals surface area (Å²) in [5.41, 5.74) is 0. The molecule has 2 aromatic carbocycles. The van der Waals surface area contributed by atoms with Gasteiger partial charge in [-0.3, -0.25) is 0 Å². The number of carbonyl (C=O) groups is 2. The van der Waals surface area contributed by atoms with Crippen LogP contribution in [0.4, 0.5) is 0 Å². The third-order valence-corrected chi connectivity index (χ3v) is 18.6. The summed E-state index contributed by atoms with van der Waals surface area (Å²) in [7, 11) is 0. The molecule has 0 aliphatic heterocycles. The number of hydrogen-bond donors (Lipinski definition) is 0. The van der Waals surface area contributed by atoms with Gasteiger partial charge in [0.1, 0.15) is 0 Å². The van der Waals surface area contributed by atoms with Crippen molar-refractivity contribution in [3.05, 3.63) is 60.7 Å². The Balaban J connectivity index is 2.54. The molecule has 0 spiro atoms. The van der Waals surface area contributed by atoms with Gasteiger partial charge in [0.25, 0.3) is 0 Å². The fourth-order valence-corrected chi connectivity index (χ4v) is 15.8. The summed E-state index contributed by atoms with van der Waals surface area (Å²) >= 11 is -4.81. The topological polar surface area (TPSA) is 52.6 Å². The SMILES string of the molecule is CCCCC(CC)C(=O)[O][Pb]([O]C(=O)C(CC)CCCC)([c]1ccccc1)[c]1ccccc1. The van der Waals surface area contributed by atoms with E-state index in [-0.39, 0.29) is 23.8 Å². The number of unbranched alkanes of at least 4 members (excludes halogenated alkanes) is 2. The predicted molar refractivity (Wildman–Crippen MR) is 137 cm³/mol. The van der Waals surface area contributed by atoms with Crippen LogP contribution >= 0.6 is 0 Å². The molecule has 0 N–H and O–H groups in total. The second-order valence-electron chi connectivity index (χ2n) is 8.69. The van der Waals surface area contributed by atoms with E-state index in [4.69, 9.17) is 5.37 Å². The Morgan fingerprint density at radius 1 is 0.667 bits per heavy atom. The molecule has 0 amide bonds. The number of rotatable bonds is 14. The molecule has 2 unspecified atom stereocenters. The van der Waals surface area contributed by atoms with E-state index >= 15 is 0 Å². The summed E-state index contributed by atoms with van der Waals surface area (Å²) < 4.78 is 14.7. The van der Waals surface area contributed by atoms with E-state index in [9.17, 15) is 9.59 Å². The fourth-order valence-electron chi connectivity index (χ4n) is 4.07. The molecule has 4 nitrogen and oxygen atoms in total. The van der Waals surface area contributed by atoms with E-state index in [1.165, 1.54) is 0 Å². The second-order valence-corrected chi connectivity index (χ2v) is 19.6. The Hall–Kier alpha value is -1.70. The van der Waals surface area contributed by atoms with Gasteiger partial charge in [0, 0.05) is 0 Å². The number of hydrogen-bond acceptors (Lipinski definition) is 4. The van der Waals surface area contributed by atoms with Gasteiger partial charge in [-0.15, -0.1) is 0 Å². The normalized spacial score (nSPS) is 13.2. The van der Waals surface area contributed by atoms with Crippen LogP contribution in [0.5, 0.6) is 0 Å². The molecule has 5 heteroatoms. The summed E-state index contributed by atoms with van der Waals surface area (Å²) in [5.74, 6) is -0.820. The molecule has 0 aromatic heterocycles. The van der Waals surface area contributed by atoms with E-state index in [1.807, 2.05) is 74.5 Å². The van der Waals surface area contributed by atoms with Gasteiger partial charge in [0.05, 0.1) is 0 Å². The predicted octanol–water partition coefficient (Wildman–Crippen LogP) is 5.76. The van der Waals surface area contributed by atoms with Crippen LogP contribution in [-0.4, -0.2) is 34.0 Å². The summed E-state index contributed by atoms with van der Waals surface area (Å²) in [6.07, 6.45) is 7.03. The average Bonchev–Trinajstić information content (AvgIpc) is 2.85. The van der Waals surface area contributed by atoms with Crippen LogP contribution in [-0.2, 0) is 15.0 Å². The van der Waals surface area contributed by atoms with Crippen molar-refractivity contribution in [2.45, 2.75) is 79.1 Å². The summed E-state index contributed by atoms with van der Waals surface area (Å²) in [6.45, 7) is 8.29. The molecule has 180 valence electrons. The molecule has 33 heavy (non-hydrogen) atoms. The van der Waals surface area contributed by atoms with Crippen molar-refractivity contribution in [2.75, 3.05) is 0 Å². The summed E-state index contributed by atoms with van der Waals surface area (Å²) in [5, 5.41) is 0. The maximum atomic E-state index is 13.5. The summed E-state index contributed by atoms with van der Waals surface area (Å²) in [4.78, 5) is 27.0. The molecule has 0 aliphatic carbocycles. The molecule has 0 saturated carbocycles. The Morgan fingerprint density at radius 2 is 1.03 bits per heavy atom. The molecule has 2 atom stereocenters. The molecule has 0 heterocycles. The van der Waals surface area contributed by atoms with Gasteiger partial charge in [-0.2, -0.15) is 0 Å². The molecule has 2 rings (SSSR count). The van der Waals surface area contributed by atoms with Crippen molar-refractivity contribution in [1.82, 2.24) is 0 Å². The zero-order valence-electron chi connectivity index (χ0n) is 20.7. The van der Waals surface area contributed by atoms with Crippen molar-refractivity contribution in [3.8, 4) is 0 Å². The van der Waals surface area contributed by atoms with Crippen molar-refractivity contribution < 1.29 is 15.0 Å². The number of benzene rings is 2. The first kappa shape index (κ1) is 27.5. The van der Waals surface area contributed by atoms with Gasteiger partial charge in [-0.05, 0) is 0 Å². The van der Waals surface area contributed by atoms with E-state index < -0.39 is 22.1 Å². The van der Waals surface area contributed by atoms with E-state index in [1.54, 1.807) is 0 Å². The fraction of sp³-hybridized carbons (Fsp3) is 0.500. The monoisotopic (exact) mass is 648 g/mol. The molecule has 0 saturated heterocycles. The average molecular weight is 648 g/mol. The van der Waals surface area contributed by atoms with Crippen LogP contribution < -0.4 is 6.25 Å². The first-order valence-corrected chi connectivity index (χ1v) is 19.6. The Morgan fingerprint density at radius 3 is 1.33 bits per heavy atom. The van der Waals surface area contributed by atoms with Crippen LogP contribution in [0.1, 0.15) is 79.1 Å². The molecular formula is C28H40O4Pb. The Bertz CT molecular complexity index is 766. The van der Waals surface area contributed by atoms with Gasteiger partial charge in [-0.25, -0.2) is 0 Å². The standard InChI is InChI=1S/2C8H16O2.2C6H5.Pb/c2*1-3-5-6-7(4-2)8(9)10;2*1-2-4-6-5-3-1;/h2*7H,3-6H2,1-2H3,(H,9,10);2*1-5H;/q;;;;+2/p-2. The maximum absolute atomic E-state index is 13.5. The first-order valence-electron chi connectivity index (χ1n) is 12.6. The van der Waals surface area contributed by atoms with Crippen molar-refractivity contribution in [1.29, 1.82) is 0 Å². The molecule has 0 aliphatic rings. The molecule has 0 fully saturated rings. The molecule has 0 bridgehead atoms. The summed E-state index contributed by atoms with van der Waals surface area (Å²) in [6, 6.07) is 19.4. The first-order chi connectivity index (χ1) is 16.0. The van der Waals surface area contributed by atoms with Crippen LogP contribution in [0.15, 0.2) is 60.7 Å². The van der Waals surface area contributed by atoms with Crippen molar-refractivity contribution in [2.24, 2.45) is 11.8 Å². The van der Waals surface area contributed by atoms with Gasteiger partial charge < -0.3 is 0 Å². The van der Waals surface area contributed by atoms with Crippen LogP contribution in [0, 0.1) is 11.8 Å². The Labute approximate surface area is 206 Å². The van der Waals surface area contributed by atoms with Crippen molar-refractivity contribution in [3.63, 3.8) is 0 Å². The third kappa shape index (κ3) is 7.66. The zero-order chi connectivity index (χ0) is 24.1. The third-order valence-electron chi connectivity index (χ3n) is 6.26. The Kier molecular flexibility index (Phi) is 12.1. The van der Waals surface area contributed by atoms with E-state index in [0.29, 0.717) is 12.8 Å². The van der Waals surface area contributed by atoms with Gasteiger partial charge in [-0.1, -0.05) is 0 Å². The number of carbonyl (C=O) groups excluding carboxylic acids is 2. The van der Waals surface area contributed by atoms with Crippen LogP contribution in [0.25, 0.3) is 0 Å². The van der Waals surface area contributed by atoms with Crippen molar-refractivity contribution >= 4 is 40.3 Å². The zero-order valence-corrected chi connectivity index (χ0v) is 24.6. The van der Waals surface area contributed by atoms with Gasteiger partial charge >= 0.3 is 207 Å². The van der Waals surface area contributed by atoms with E-state index in [0.717, 1.165) is 44.8 Å². The van der Waals surface area contributed by atoms with Crippen LogP contribution in [0.3, 0.4) is 0 Å². The van der Waals surface area contributed by atoms with Crippen LogP contribution in [0.2, 0.25) is 0 Å². The second kappa shape index (κ2) is 14.5.